The Morgan fingerprint density at radius 3 is 2.79 bits per heavy atom. The molecule has 7 nitrogen and oxygen atoms in total. The molecule has 19 heavy (non-hydrogen) atoms. The van der Waals surface area contributed by atoms with Crippen molar-refractivity contribution in [1.82, 2.24) is 14.5 Å². The maximum absolute atomic E-state index is 12.5. The Bertz CT molecular complexity index is 566. The van der Waals surface area contributed by atoms with Crippen LogP contribution in [0.4, 0.5) is 0 Å². The fourth-order valence-electron chi connectivity index (χ4n) is 2.34. The first kappa shape index (κ1) is 14.0. The lowest BCUT2D eigenvalue weighted by Crippen LogP contribution is -2.44. The minimum Gasteiger partial charge on any atom is -0.480 e. The minimum atomic E-state index is -3.81. The number of aryl methyl sites for hydroxylation is 1. The van der Waals surface area contributed by atoms with Crippen molar-refractivity contribution < 1.29 is 18.3 Å². The highest BCUT2D eigenvalue weighted by molar-refractivity contribution is 7.89. The van der Waals surface area contributed by atoms with Crippen molar-refractivity contribution >= 4 is 16.0 Å². The van der Waals surface area contributed by atoms with Gasteiger partial charge in [-0.15, -0.1) is 0 Å². The number of carboxylic acids is 1. The third-order valence-electron chi connectivity index (χ3n) is 3.36. The summed E-state index contributed by atoms with van der Waals surface area (Å²) in [6.07, 6.45) is 3.84. The molecule has 0 spiro atoms. The van der Waals surface area contributed by atoms with Gasteiger partial charge in [-0.25, -0.2) is 8.42 Å². The van der Waals surface area contributed by atoms with E-state index >= 15 is 0 Å². The van der Waals surface area contributed by atoms with Crippen molar-refractivity contribution in [3.05, 3.63) is 11.9 Å². The molecule has 0 radical (unpaired) electrons. The highest BCUT2D eigenvalue weighted by Crippen LogP contribution is 2.25. The third kappa shape index (κ3) is 2.64. The number of H-pyrrole nitrogens is 1. The summed E-state index contributed by atoms with van der Waals surface area (Å²) in [6, 6.07) is -0.984. The van der Waals surface area contributed by atoms with E-state index in [-0.39, 0.29) is 11.4 Å². The quantitative estimate of drug-likeness (QED) is 0.853. The number of nitrogens with one attached hydrogen (secondary N) is 1. The summed E-state index contributed by atoms with van der Waals surface area (Å²) in [5.41, 5.74) is 0.424. The number of aliphatic carboxylic acids is 1. The molecule has 2 rings (SSSR count). The summed E-state index contributed by atoms with van der Waals surface area (Å²) in [6.45, 7) is 1.84. The van der Waals surface area contributed by atoms with Gasteiger partial charge in [-0.2, -0.15) is 9.40 Å². The monoisotopic (exact) mass is 287 g/mol. The Labute approximate surface area is 111 Å². The molecule has 0 bridgehead atoms. The fourth-order valence-corrected chi connectivity index (χ4v) is 4.11. The van der Waals surface area contributed by atoms with E-state index in [9.17, 15) is 18.3 Å². The topological polar surface area (TPSA) is 103 Å². The molecule has 1 aliphatic rings. The largest absolute Gasteiger partial charge is 0.480 e. The average Bonchev–Trinajstić information content (AvgIpc) is 2.64. The van der Waals surface area contributed by atoms with Gasteiger partial charge in [0.15, 0.2) is 0 Å². The van der Waals surface area contributed by atoms with Gasteiger partial charge in [-0.1, -0.05) is 12.8 Å². The number of carbonyl (C=O) groups is 1. The lowest BCUT2D eigenvalue weighted by Gasteiger charge is -2.25. The molecule has 1 fully saturated rings. The van der Waals surface area contributed by atoms with E-state index in [4.69, 9.17) is 0 Å². The van der Waals surface area contributed by atoms with E-state index in [0.717, 1.165) is 17.1 Å². The molecule has 2 heterocycles. The van der Waals surface area contributed by atoms with E-state index in [0.29, 0.717) is 18.5 Å². The number of rotatable bonds is 3. The Balaban J connectivity index is 2.41. The van der Waals surface area contributed by atoms with Crippen LogP contribution in [0.15, 0.2) is 11.1 Å². The fraction of sp³-hybridized carbons (Fsp3) is 0.636. The number of aromatic amines is 1. The lowest BCUT2D eigenvalue weighted by molar-refractivity contribution is -0.141. The van der Waals surface area contributed by atoms with Crippen LogP contribution < -0.4 is 0 Å². The molecule has 0 aliphatic carbocycles. The van der Waals surface area contributed by atoms with Gasteiger partial charge in [-0.05, 0) is 19.8 Å². The van der Waals surface area contributed by atoms with Gasteiger partial charge in [-0.3, -0.25) is 9.89 Å². The van der Waals surface area contributed by atoms with Crippen LogP contribution in [0.1, 0.15) is 31.4 Å². The predicted molar refractivity (Wildman–Crippen MR) is 67.1 cm³/mol. The van der Waals surface area contributed by atoms with Crippen molar-refractivity contribution in [2.75, 3.05) is 6.54 Å². The molecule has 1 aromatic heterocycles. The van der Waals surface area contributed by atoms with Crippen LogP contribution in [0.5, 0.6) is 0 Å². The number of carboxylic acid groups (broad SMARTS) is 1. The number of sulfonamides is 1. The van der Waals surface area contributed by atoms with E-state index in [2.05, 4.69) is 10.2 Å². The zero-order valence-electron chi connectivity index (χ0n) is 10.7. The van der Waals surface area contributed by atoms with Crippen LogP contribution in [-0.2, 0) is 14.8 Å². The van der Waals surface area contributed by atoms with Crippen LogP contribution >= 0.6 is 0 Å². The van der Waals surface area contributed by atoms with Gasteiger partial charge in [0.05, 0.1) is 11.9 Å². The normalized spacial score (nSPS) is 22.1. The lowest BCUT2D eigenvalue weighted by atomic mass is 10.1. The standard InChI is InChI=1S/C11H17N3O4S/c1-8-10(7-12-13-8)19(17,18)14-6-4-2-3-5-9(14)11(15)16/h7,9H,2-6H2,1H3,(H,12,13)(H,15,16). The van der Waals surface area contributed by atoms with E-state index in [1.54, 1.807) is 6.92 Å². The molecular weight excluding hydrogens is 270 g/mol. The van der Waals surface area contributed by atoms with Crippen LogP contribution in [0.25, 0.3) is 0 Å². The molecule has 2 N–H and O–H groups in total. The summed E-state index contributed by atoms with van der Waals surface area (Å²) in [7, 11) is -3.81. The molecule has 0 saturated carbocycles. The van der Waals surface area contributed by atoms with Crippen LogP contribution in [-0.4, -0.2) is 46.6 Å². The van der Waals surface area contributed by atoms with E-state index < -0.39 is 22.0 Å². The zero-order chi connectivity index (χ0) is 14.0. The van der Waals surface area contributed by atoms with Crippen LogP contribution in [0, 0.1) is 6.92 Å². The van der Waals surface area contributed by atoms with E-state index in [1.807, 2.05) is 0 Å². The Hall–Kier alpha value is -1.41. The van der Waals surface area contributed by atoms with Crippen molar-refractivity contribution in [3.8, 4) is 0 Å². The van der Waals surface area contributed by atoms with Crippen LogP contribution in [0.2, 0.25) is 0 Å². The second-order valence-corrected chi connectivity index (χ2v) is 6.54. The van der Waals surface area contributed by atoms with Crippen LogP contribution in [0.3, 0.4) is 0 Å². The minimum absolute atomic E-state index is 0.0562. The summed E-state index contributed by atoms with van der Waals surface area (Å²) >= 11 is 0. The zero-order valence-corrected chi connectivity index (χ0v) is 11.5. The molecule has 1 saturated heterocycles. The summed E-state index contributed by atoms with van der Waals surface area (Å²) in [5.74, 6) is -1.09. The predicted octanol–water partition coefficient (Wildman–Crippen LogP) is 0.736. The highest BCUT2D eigenvalue weighted by atomic mass is 32.2. The summed E-state index contributed by atoms with van der Waals surface area (Å²) in [5, 5.41) is 15.5. The molecule has 1 unspecified atom stereocenters. The number of hydrogen-bond donors (Lipinski definition) is 2. The Morgan fingerprint density at radius 2 is 2.21 bits per heavy atom. The van der Waals surface area contributed by atoms with E-state index in [1.165, 1.54) is 6.20 Å². The maximum Gasteiger partial charge on any atom is 0.322 e. The van der Waals surface area contributed by atoms with Crippen molar-refractivity contribution in [3.63, 3.8) is 0 Å². The SMILES string of the molecule is Cc1[nH]ncc1S(=O)(=O)N1CCCCCC1C(=O)O. The van der Waals surface area contributed by atoms with Gasteiger partial charge in [0.2, 0.25) is 10.0 Å². The van der Waals surface area contributed by atoms with Gasteiger partial charge < -0.3 is 5.11 Å². The molecule has 8 heteroatoms. The molecule has 0 amide bonds. The van der Waals surface area contributed by atoms with Crippen molar-refractivity contribution in [2.24, 2.45) is 0 Å². The van der Waals surface area contributed by atoms with Gasteiger partial charge in [0.1, 0.15) is 10.9 Å². The molecule has 1 atom stereocenters. The third-order valence-corrected chi connectivity index (χ3v) is 5.38. The number of hydrogen-bond acceptors (Lipinski definition) is 4. The second kappa shape index (κ2) is 5.30. The summed E-state index contributed by atoms with van der Waals surface area (Å²) in [4.78, 5) is 11.3. The average molecular weight is 287 g/mol. The first-order chi connectivity index (χ1) is 8.94. The van der Waals surface area contributed by atoms with Gasteiger partial charge in [0, 0.05) is 6.54 Å². The molecular formula is C11H17N3O4S. The Kier molecular flexibility index (Phi) is 3.91. The second-order valence-electron chi connectivity index (χ2n) is 4.68. The highest BCUT2D eigenvalue weighted by Gasteiger charge is 2.37. The molecule has 1 aliphatic heterocycles. The van der Waals surface area contributed by atoms with Crippen molar-refractivity contribution in [2.45, 2.75) is 43.5 Å². The Morgan fingerprint density at radius 1 is 1.47 bits per heavy atom. The summed E-state index contributed by atoms with van der Waals surface area (Å²) < 4.78 is 26.2. The maximum atomic E-state index is 12.5. The molecule has 106 valence electrons. The smallest absolute Gasteiger partial charge is 0.322 e. The number of aromatic nitrogens is 2. The first-order valence-corrected chi connectivity index (χ1v) is 7.63. The molecule has 1 aromatic rings. The van der Waals surface area contributed by atoms with Gasteiger partial charge >= 0.3 is 5.97 Å². The van der Waals surface area contributed by atoms with Gasteiger partial charge in [0.25, 0.3) is 0 Å². The first-order valence-electron chi connectivity index (χ1n) is 6.19. The van der Waals surface area contributed by atoms with Crippen molar-refractivity contribution in [1.29, 1.82) is 0 Å². The number of nitrogens with zero attached hydrogens (tertiary/aromatic N) is 2. The molecule has 0 aromatic carbocycles.